The molecule has 1 saturated heterocycles. The molecule has 1 amide bonds. The van der Waals surface area contributed by atoms with Gasteiger partial charge in [0.2, 0.25) is 0 Å². The summed E-state index contributed by atoms with van der Waals surface area (Å²) >= 11 is 0. The van der Waals surface area contributed by atoms with Crippen LogP contribution in [-0.2, 0) is 28.5 Å². The Morgan fingerprint density at radius 3 is 2.60 bits per heavy atom. The summed E-state index contributed by atoms with van der Waals surface area (Å²) in [4.78, 5) is 26.6. The van der Waals surface area contributed by atoms with E-state index in [-0.39, 0.29) is 29.6 Å². The van der Waals surface area contributed by atoms with Crippen LogP contribution in [0.15, 0.2) is 46.5 Å². The van der Waals surface area contributed by atoms with Gasteiger partial charge in [-0.05, 0) is 57.3 Å². The first-order chi connectivity index (χ1) is 16.6. The van der Waals surface area contributed by atoms with Gasteiger partial charge in [-0.25, -0.2) is 0 Å². The summed E-state index contributed by atoms with van der Waals surface area (Å²) in [7, 11) is 1.54. The number of aliphatic hydroxyl groups excluding tert-OH is 1. The van der Waals surface area contributed by atoms with E-state index in [0.717, 1.165) is 5.57 Å². The maximum Gasteiger partial charge on any atom is 0.251 e. The fraction of sp³-hybridized carbons (Fsp3) is 0.630. The van der Waals surface area contributed by atoms with Gasteiger partial charge in [0.1, 0.15) is 11.3 Å². The number of allylic oxidation sites excluding steroid dienone is 2. The molecule has 5 aliphatic rings. The summed E-state index contributed by atoms with van der Waals surface area (Å²) in [6.07, 6.45) is 4.91. The highest BCUT2D eigenvalue weighted by Gasteiger charge is 2.65. The molecule has 8 heteroatoms. The van der Waals surface area contributed by atoms with E-state index in [2.05, 4.69) is 18.3 Å². The summed E-state index contributed by atoms with van der Waals surface area (Å²) in [5.74, 6) is 0.0891. The second-order valence-corrected chi connectivity index (χ2v) is 10.5. The quantitative estimate of drug-likeness (QED) is 0.590. The minimum Gasteiger partial charge on any atom is -0.496 e. The summed E-state index contributed by atoms with van der Waals surface area (Å²) in [6, 6.07) is 0. The highest BCUT2D eigenvalue weighted by molar-refractivity contribution is 6.04. The Balaban J connectivity index is 1.66. The lowest BCUT2D eigenvalue weighted by Gasteiger charge is -2.44. The molecule has 2 N–H and O–H groups in total. The van der Waals surface area contributed by atoms with Gasteiger partial charge in [0, 0.05) is 18.4 Å². The highest BCUT2D eigenvalue weighted by atomic mass is 16.7. The lowest BCUT2D eigenvalue weighted by molar-refractivity contribution is -0.233. The Kier molecular flexibility index (Phi) is 5.77. The van der Waals surface area contributed by atoms with Crippen molar-refractivity contribution in [2.45, 2.75) is 89.6 Å². The van der Waals surface area contributed by atoms with E-state index in [4.69, 9.17) is 18.9 Å². The Hall–Kier alpha value is -2.42. The number of aliphatic hydroxyl groups is 1. The summed E-state index contributed by atoms with van der Waals surface area (Å²) < 4.78 is 24.9. The Labute approximate surface area is 206 Å². The van der Waals surface area contributed by atoms with E-state index >= 15 is 0 Å². The molecule has 3 aliphatic heterocycles. The molecule has 190 valence electrons. The van der Waals surface area contributed by atoms with E-state index < -0.39 is 29.6 Å². The van der Waals surface area contributed by atoms with E-state index in [1.807, 2.05) is 20.8 Å². The molecule has 0 aromatic rings. The smallest absolute Gasteiger partial charge is 0.251 e. The van der Waals surface area contributed by atoms with Crippen LogP contribution >= 0.6 is 0 Å². The van der Waals surface area contributed by atoms with Crippen molar-refractivity contribution in [1.82, 2.24) is 5.32 Å². The zero-order valence-corrected chi connectivity index (χ0v) is 21.2. The number of carbonyl (C=O) groups is 2. The number of hydrogen-bond acceptors (Lipinski definition) is 7. The topological polar surface area (TPSA) is 103 Å². The molecule has 0 aromatic carbocycles. The minimum atomic E-state index is -1.05. The van der Waals surface area contributed by atoms with Crippen LogP contribution < -0.4 is 5.32 Å². The van der Waals surface area contributed by atoms with Crippen molar-refractivity contribution in [3.8, 4) is 0 Å². The number of amides is 1. The van der Waals surface area contributed by atoms with E-state index in [1.54, 1.807) is 20.1 Å². The molecular weight excluding hydrogens is 450 g/mol. The first-order valence-corrected chi connectivity index (χ1v) is 12.5. The zero-order chi connectivity index (χ0) is 25.3. The molecule has 2 bridgehead atoms. The summed E-state index contributed by atoms with van der Waals surface area (Å²) in [5.41, 5.74) is 0.112. The molecule has 0 aromatic heterocycles. The summed E-state index contributed by atoms with van der Waals surface area (Å²) in [6.45, 7) is 9.68. The van der Waals surface area contributed by atoms with Gasteiger partial charge >= 0.3 is 0 Å². The number of carbonyl (C=O) groups excluding carboxylic acids is 2. The second kappa shape index (κ2) is 8.32. The molecule has 2 aliphatic carbocycles. The number of ether oxygens (including phenoxy) is 4. The number of methoxy groups -OCH3 is 1. The molecule has 8 nitrogen and oxygen atoms in total. The molecule has 5 rings (SSSR count). The normalized spacial score (nSPS) is 42.7. The maximum atomic E-state index is 13.6. The van der Waals surface area contributed by atoms with Crippen LogP contribution in [0.5, 0.6) is 0 Å². The van der Waals surface area contributed by atoms with Crippen LogP contribution in [-0.4, -0.2) is 59.6 Å². The van der Waals surface area contributed by atoms with Gasteiger partial charge in [0.25, 0.3) is 5.91 Å². The third-order valence-corrected chi connectivity index (χ3v) is 8.45. The highest BCUT2D eigenvalue weighted by Crippen LogP contribution is 2.58. The van der Waals surface area contributed by atoms with E-state index in [1.165, 1.54) is 6.08 Å². The van der Waals surface area contributed by atoms with Crippen LogP contribution in [0, 0.1) is 11.8 Å². The molecule has 0 radical (unpaired) electrons. The number of rotatable bonds is 4. The fourth-order valence-corrected chi connectivity index (χ4v) is 6.81. The molecule has 1 saturated carbocycles. The molecule has 2 unspecified atom stereocenters. The van der Waals surface area contributed by atoms with Crippen molar-refractivity contribution in [2.75, 3.05) is 7.11 Å². The van der Waals surface area contributed by atoms with Gasteiger partial charge in [-0.1, -0.05) is 19.4 Å². The van der Waals surface area contributed by atoms with Crippen molar-refractivity contribution >= 4 is 11.7 Å². The first kappa shape index (κ1) is 24.3. The lowest BCUT2D eigenvalue weighted by atomic mass is 9.74. The van der Waals surface area contributed by atoms with Crippen molar-refractivity contribution in [1.29, 1.82) is 0 Å². The van der Waals surface area contributed by atoms with Crippen LogP contribution in [0.25, 0.3) is 0 Å². The van der Waals surface area contributed by atoms with Gasteiger partial charge in [0.15, 0.2) is 23.4 Å². The zero-order valence-electron chi connectivity index (χ0n) is 21.2. The molecule has 35 heavy (non-hydrogen) atoms. The van der Waals surface area contributed by atoms with Crippen molar-refractivity contribution < 1.29 is 33.6 Å². The number of hydrogen-bond donors (Lipinski definition) is 2. The number of nitrogens with one attached hydrogen (secondary N) is 1. The lowest BCUT2D eigenvalue weighted by Crippen LogP contribution is -2.58. The Morgan fingerprint density at radius 1 is 1.20 bits per heavy atom. The predicted molar refractivity (Wildman–Crippen MR) is 127 cm³/mol. The van der Waals surface area contributed by atoms with E-state index in [0.29, 0.717) is 41.9 Å². The van der Waals surface area contributed by atoms with Gasteiger partial charge in [-0.2, -0.15) is 0 Å². The molecular formula is C27H35NO7. The van der Waals surface area contributed by atoms with Crippen LogP contribution in [0.2, 0.25) is 0 Å². The van der Waals surface area contributed by atoms with Gasteiger partial charge in [-0.15, -0.1) is 0 Å². The van der Waals surface area contributed by atoms with Crippen molar-refractivity contribution in [3.05, 3.63) is 46.5 Å². The van der Waals surface area contributed by atoms with Crippen molar-refractivity contribution in [2.24, 2.45) is 11.8 Å². The van der Waals surface area contributed by atoms with Gasteiger partial charge in [-0.3, -0.25) is 9.59 Å². The van der Waals surface area contributed by atoms with Crippen LogP contribution in [0.3, 0.4) is 0 Å². The number of fused-ring (bicyclic) bond motifs is 1. The third kappa shape index (κ3) is 3.37. The standard InChI is InChI=1S/C27H35NO7/c1-7-26-12-13(2)22-14(3)23(34-21-9-8-19(30)16(5)33-21)18-10-17(29)11-20(35-26)27(18,22)28-25(31)15(4)24(26)32-6/h10-12,14,16,19,21-23,30H,7-9H2,1-6H3,(H,28,31)/t14-,16+,19+,21-,22+,23-,26?,27?/m0/s1. The van der Waals surface area contributed by atoms with E-state index in [9.17, 15) is 14.7 Å². The van der Waals surface area contributed by atoms with Gasteiger partial charge < -0.3 is 29.4 Å². The van der Waals surface area contributed by atoms with Crippen LogP contribution in [0.4, 0.5) is 0 Å². The first-order valence-electron chi connectivity index (χ1n) is 12.5. The maximum absolute atomic E-state index is 13.6. The summed E-state index contributed by atoms with van der Waals surface area (Å²) in [5, 5.41) is 13.3. The molecule has 2 fully saturated rings. The molecule has 1 spiro atoms. The molecule has 3 heterocycles. The van der Waals surface area contributed by atoms with Crippen molar-refractivity contribution in [3.63, 3.8) is 0 Å². The third-order valence-electron chi connectivity index (χ3n) is 8.45. The monoisotopic (exact) mass is 485 g/mol. The second-order valence-electron chi connectivity index (χ2n) is 10.5. The van der Waals surface area contributed by atoms with Gasteiger partial charge in [0.05, 0.1) is 31.0 Å². The predicted octanol–water partition coefficient (Wildman–Crippen LogP) is 2.83. The average molecular weight is 486 g/mol. The Bertz CT molecular complexity index is 1090. The van der Waals surface area contributed by atoms with Crippen LogP contribution in [0.1, 0.15) is 53.9 Å². The SMILES string of the molecule is CCC12C=C(C)[C@@H]3[C@H](C)[C@H](O[C@H]4CC[C@@H](O)[C@@H](C)O4)C4=CC(=O)C=C(O1)C43NC(=O)C(C)=C2OC. The fourth-order valence-electron chi connectivity index (χ4n) is 6.81. The average Bonchev–Trinajstić information content (AvgIpc) is 2.97. The molecule has 8 atom stereocenters. The largest absolute Gasteiger partial charge is 0.496 e. The minimum absolute atomic E-state index is 0.0986. The Morgan fingerprint density at radius 2 is 1.94 bits per heavy atom. The number of ketones is 1.